The first-order valence-corrected chi connectivity index (χ1v) is 9.96. The number of rotatable bonds is 4. The number of amides is 1. The summed E-state index contributed by atoms with van der Waals surface area (Å²) in [5.74, 6) is 0.208. The number of aryl methyl sites for hydroxylation is 2. The predicted octanol–water partition coefficient (Wildman–Crippen LogP) is 4.28. The van der Waals surface area contributed by atoms with Crippen molar-refractivity contribution in [2.45, 2.75) is 33.1 Å². The van der Waals surface area contributed by atoms with Crippen LogP contribution in [-0.4, -0.2) is 25.9 Å². The summed E-state index contributed by atoms with van der Waals surface area (Å²) in [7, 11) is 0. The Hall–Kier alpha value is -3.74. The fourth-order valence-electron chi connectivity index (χ4n) is 3.89. The molecule has 7 nitrogen and oxygen atoms in total. The van der Waals surface area contributed by atoms with E-state index in [1.54, 1.807) is 0 Å². The monoisotopic (exact) mass is 399 g/mol. The van der Waals surface area contributed by atoms with Crippen LogP contribution in [0.2, 0.25) is 0 Å². The fourth-order valence-corrected chi connectivity index (χ4v) is 3.89. The Morgan fingerprint density at radius 1 is 1.10 bits per heavy atom. The maximum atomic E-state index is 13.2. The highest BCUT2D eigenvalue weighted by Crippen LogP contribution is 2.29. The topological polar surface area (TPSA) is 85.8 Å². The molecule has 2 aromatic carbocycles. The lowest BCUT2D eigenvalue weighted by Gasteiger charge is -2.09. The summed E-state index contributed by atoms with van der Waals surface area (Å²) in [5.41, 5.74) is 7.23. The highest BCUT2D eigenvalue weighted by atomic mass is 16.4. The highest BCUT2D eigenvalue weighted by Gasteiger charge is 2.27. The van der Waals surface area contributed by atoms with Crippen LogP contribution in [0.5, 0.6) is 0 Å². The molecule has 4 aromatic rings. The van der Waals surface area contributed by atoms with E-state index in [1.165, 1.54) is 12.0 Å². The van der Waals surface area contributed by atoms with E-state index in [4.69, 9.17) is 9.52 Å². The van der Waals surface area contributed by atoms with Gasteiger partial charge in [0.2, 0.25) is 12.3 Å². The molecule has 1 N–H and O–H groups in total. The van der Waals surface area contributed by atoms with Crippen molar-refractivity contribution in [2.24, 2.45) is 0 Å². The molecule has 150 valence electrons. The van der Waals surface area contributed by atoms with Crippen molar-refractivity contribution in [3.05, 3.63) is 76.9 Å². The molecule has 0 bridgehead atoms. The van der Waals surface area contributed by atoms with Crippen molar-refractivity contribution in [1.82, 2.24) is 20.0 Å². The Morgan fingerprint density at radius 2 is 1.93 bits per heavy atom. The van der Waals surface area contributed by atoms with Gasteiger partial charge in [0.25, 0.3) is 5.91 Å². The molecule has 1 aliphatic carbocycles. The number of anilines is 1. The molecular formula is C23H21N5O2. The van der Waals surface area contributed by atoms with Crippen molar-refractivity contribution in [2.75, 3.05) is 5.32 Å². The Morgan fingerprint density at radius 3 is 2.70 bits per heavy atom. The van der Waals surface area contributed by atoms with Crippen LogP contribution >= 0.6 is 0 Å². The van der Waals surface area contributed by atoms with Crippen LogP contribution in [0, 0.1) is 13.8 Å². The summed E-state index contributed by atoms with van der Waals surface area (Å²) in [6.45, 7) is 4.00. The number of benzene rings is 2. The first-order chi connectivity index (χ1) is 14.6. The third kappa shape index (κ3) is 3.18. The van der Waals surface area contributed by atoms with E-state index >= 15 is 0 Å². The van der Waals surface area contributed by atoms with Gasteiger partial charge < -0.3 is 9.73 Å². The predicted molar refractivity (Wildman–Crippen MR) is 113 cm³/mol. The molecule has 0 fully saturated rings. The molecule has 2 heterocycles. The van der Waals surface area contributed by atoms with E-state index in [-0.39, 0.29) is 5.91 Å². The van der Waals surface area contributed by atoms with Gasteiger partial charge >= 0.3 is 0 Å². The molecule has 30 heavy (non-hydrogen) atoms. The summed E-state index contributed by atoms with van der Waals surface area (Å²) in [6, 6.07) is 13.9. The molecule has 7 heteroatoms. The average Bonchev–Trinajstić information content (AvgIpc) is 3.48. The Kier molecular flexibility index (Phi) is 4.43. The van der Waals surface area contributed by atoms with Crippen molar-refractivity contribution < 1.29 is 9.21 Å². The molecule has 0 saturated carbocycles. The summed E-state index contributed by atoms with van der Waals surface area (Å²) in [6.07, 6.45) is 4.11. The number of hydrogen-bond donors (Lipinski definition) is 1. The number of aromatic nitrogens is 4. The van der Waals surface area contributed by atoms with Crippen LogP contribution < -0.4 is 5.32 Å². The van der Waals surface area contributed by atoms with Crippen molar-refractivity contribution in [3.8, 4) is 17.1 Å². The molecule has 1 amide bonds. The lowest BCUT2D eigenvalue weighted by Crippen LogP contribution is -2.15. The average molecular weight is 399 g/mol. The molecule has 0 radical (unpaired) electrons. The molecule has 1 aliphatic rings. The highest BCUT2D eigenvalue weighted by molar-refractivity contribution is 6.04. The fraction of sp³-hybridized carbons (Fsp3) is 0.217. The van der Waals surface area contributed by atoms with Gasteiger partial charge in [-0.15, -0.1) is 10.2 Å². The Bertz CT molecular complexity index is 1220. The normalized spacial score (nSPS) is 12.7. The van der Waals surface area contributed by atoms with E-state index < -0.39 is 0 Å². The number of hydrogen-bond acceptors (Lipinski definition) is 5. The molecule has 0 unspecified atom stereocenters. The number of nitrogens with one attached hydrogen (secondary N) is 1. The van der Waals surface area contributed by atoms with E-state index in [2.05, 4.69) is 34.6 Å². The third-order valence-corrected chi connectivity index (χ3v) is 5.52. The van der Waals surface area contributed by atoms with Gasteiger partial charge in [-0.25, -0.2) is 4.68 Å². The summed E-state index contributed by atoms with van der Waals surface area (Å²) >= 11 is 0. The van der Waals surface area contributed by atoms with Gasteiger partial charge in [0.15, 0.2) is 5.69 Å². The van der Waals surface area contributed by atoms with Crippen LogP contribution in [0.4, 0.5) is 5.69 Å². The largest absolute Gasteiger partial charge is 0.423 e. The van der Waals surface area contributed by atoms with Crippen molar-refractivity contribution >= 4 is 11.6 Å². The number of carbonyl (C=O) groups is 1. The van der Waals surface area contributed by atoms with E-state index in [0.717, 1.165) is 47.3 Å². The van der Waals surface area contributed by atoms with Crippen molar-refractivity contribution in [1.29, 1.82) is 0 Å². The Labute approximate surface area is 173 Å². The second kappa shape index (κ2) is 7.26. The van der Waals surface area contributed by atoms with Crippen LogP contribution in [0.1, 0.15) is 39.3 Å². The molecule has 0 atom stereocenters. The lowest BCUT2D eigenvalue weighted by atomic mass is 10.1. The van der Waals surface area contributed by atoms with Crippen molar-refractivity contribution in [3.63, 3.8) is 0 Å². The van der Waals surface area contributed by atoms with Gasteiger partial charge in [0.05, 0.1) is 5.69 Å². The van der Waals surface area contributed by atoms with Gasteiger partial charge in [-0.2, -0.15) is 5.10 Å². The zero-order chi connectivity index (χ0) is 20.7. The number of nitrogens with zero attached hydrogens (tertiary/aromatic N) is 4. The molecule has 0 saturated heterocycles. The Balaban J connectivity index is 1.48. The molecule has 0 spiro atoms. The van der Waals surface area contributed by atoms with Crippen LogP contribution in [-0.2, 0) is 12.8 Å². The van der Waals surface area contributed by atoms with Crippen LogP contribution in [0.3, 0.4) is 0 Å². The van der Waals surface area contributed by atoms with Gasteiger partial charge in [-0.1, -0.05) is 23.8 Å². The van der Waals surface area contributed by atoms with E-state index in [9.17, 15) is 4.79 Å². The third-order valence-electron chi connectivity index (χ3n) is 5.52. The second-order valence-electron chi connectivity index (χ2n) is 7.60. The van der Waals surface area contributed by atoms with Gasteiger partial charge in [0.1, 0.15) is 0 Å². The van der Waals surface area contributed by atoms with Crippen LogP contribution in [0.25, 0.3) is 17.1 Å². The molecular weight excluding hydrogens is 378 g/mol. The first kappa shape index (κ1) is 18.3. The summed E-state index contributed by atoms with van der Waals surface area (Å²) in [5, 5.41) is 15.4. The minimum Gasteiger partial charge on any atom is -0.423 e. The smallest absolute Gasteiger partial charge is 0.276 e. The second-order valence-corrected chi connectivity index (χ2v) is 7.60. The van der Waals surface area contributed by atoms with E-state index in [1.807, 2.05) is 41.9 Å². The minimum atomic E-state index is -0.204. The van der Waals surface area contributed by atoms with Gasteiger partial charge in [-0.3, -0.25) is 4.79 Å². The lowest BCUT2D eigenvalue weighted by molar-refractivity contribution is 0.102. The molecule has 5 rings (SSSR count). The summed E-state index contributed by atoms with van der Waals surface area (Å²) < 4.78 is 7.19. The first-order valence-electron chi connectivity index (χ1n) is 9.96. The maximum Gasteiger partial charge on any atom is 0.276 e. The minimum absolute atomic E-state index is 0.204. The summed E-state index contributed by atoms with van der Waals surface area (Å²) in [4.78, 5) is 13.2. The standard InChI is InChI=1S/C23H21N5O2/c1-14-6-10-17(11-7-14)28-20-5-3-4-18(20)21(27-28)22(29)25-19-12-16(9-8-15(19)2)23-26-24-13-30-23/h6-13H,3-5H2,1-2H3,(H,25,29). The van der Waals surface area contributed by atoms with Crippen LogP contribution in [0.15, 0.2) is 53.3 Å². The number of carbonyl (C=O) groups excluding carboxylic acids is 1. The van der Waals surface area contributed by atoms with Gasteiger partial charge in [0, 0.05) is 22.5 Å². The molecule has 2 aromatic heterocycles. The quantitative estimate of drug-likeness (QED) is 0.554. The maximum absolute atomic E-state index is 13.2. The van der Waals surface area contributed by atoms with Gasteiger partial charge in [-0.05, 0) is 62.9 Å². The zero-order valence-electron chi connectivity index (χ0n) is 16.8. The zero-order valence-corrected chi connectivity index (χ0v) is 16.8. The molecule has 0 aliphatic heterocycles. The SMILES string of the molecule is Cc1ccc(-n2nc(C(=O)Nc3cc(-c4nnco4)ccc3C)c3c2CCC3)cc1. The number of fused-ring (bicyclic) bond motifs is 1. The van der Waals surface area contributed by atoms with E-state index in [0.29, 0.717) is 17.3 Å².